The van der Waals surface area contributed by atoms with Crippen LogP contribution >= 0.6 is 23.2 Å². The number of nitrogens with zero attached hydrogens (tertiary/aromatic N) is 2. The van der Waals surface area contributed by atoms with Gasteiger partial charge in [-0.1, -0.05) is 29.3 Å². The van der Waals surface area contributed by atoms with E-state index >= 15 is 0 Å². The normalized spacial score (nSPS) is 10.8. The van der Waals surface area contributed by atoms with E-state index < -0.39 is 0 Å². The molecule has 0 saturated heterocycles. The number of fused-ring (bicyclic) bond motifs is 1. The monoisotopic (exact) mass is 363 g/mol. The molecule has 0 aliphatic carbocycles. The van der Waals surface area contributed by atoms with Gasteiger partial charge in [-0.2, -0.15) is 0 Å². The highest BCUT2D eigenvalue weighted by Gasteiger charge is 2.19. The Labute approximate surface area is 149 Å². The van der Waals surface area contributed by atoms with Gasteiger partial charge in [-0.25, -0.2) is 4.98 Å². The number of aromatic nitrogens is 2. The third-order valence-corrected chi connectivity index (χ3v) is 4.25. The molecule has 7 heteroatoms. The van der Waals surface area contributed by atoms with Crippen molar-refractivity contribution in [1.82, 2.24) is 14.7 Å². The fourth-order valence-corrected chi connectivity index (χ4v) is 2.97. The summed E-state index contributed by atoms with van der Waals surface area (Å²) in [7, 11) is 1.45. The maximum Gasteiger partial charge on any atom is 0.256 e. The van der Waals surface area contributed by atoms with Crippen molar-refractivity contribution in [2.45, 2.75) is 6.42 Å². The van der Waals surface area contributed by atoms with Gasteiger partial charge in [0.05, 0.1) is 28.9 Å². The number of halogens is 2. The number of benzene rings is 1. The lowest BCUT2D eigenvalue weighted by Crippen LogP contribution is -2.27. The van der Waals surface area contributed by atoms with Crippen molar-refractivity contribution in [3.05, 3.63) is 64.2 Å². The molecule has 2 aromatic heterocycles. The lowest BCUT2D eigenvalue weighted by Gasteiger charge is -2.12. The molecule has 24 heavy (non-hydrogen) atoms. The van der Waals surface area contributed by atoms with Gasteiger partial charge in [-0.3, -0.25) is 4.79 Å². The van der Waals surface area contributed by atoms with Crippen LogP contribution in [0.1, 0.15) is 16.2 Å². The average Bonchev–Trinajstić information content (AvgIpc) is 3.00. The smallest absolute Gasteiger partial charge is 0.256 e. The summed E-state index contributed by atoms with van der Waals surface area (Å²) in [6.45, 7) is 0.416. The zero-order valence-electron chi connectivity index (χ0n) is 12.9. The lowest BCUT2D eigenvalue weighted by atomic mass is 10.2. The first-order valence-electron chi connectivity index (χ1n) is 7.33. The number of hydrogen-bond donors (Lipinski definition) is 1. The number of ether oxygens (including phenoxy) is 1. The Bertz CT molecular complexity index is 893. The van der Waals surface area contributed by atoms with Crippen LogP contribution in [0, 0.1) is 0 Å². The first kappa shape index (κ1) is 16.6. The molecule has 1 amide bonds. The number of methoxy groups -OCH3 is 1. The highest BCUT2D eigenvalue weighted by atomic mass is 35.5. The number of carbonyl (C=O) groups excluding carboxylic acids is 1. The second kappa shape index (κ2) is 7.11. The minimum Gasteiger partial charge on any atom is -0.494 e. The van der Waals surface area contributed by atoms with Crippen molar-refractivity contribution in [3.8, 4) is 5.75 Å². The van der Waals surface area contributed by atoms with E-state index in [1.54, 1.807) is 18.3 Å². The van der Waals surface area contributed by atoms with Crippen molar-refractivity contribution in [1.29, 1.82) is 0 Å². The molecule has 0 fully saturated rings. The van der Waals surface area contributed by atoms with Gasteiger partial charge in [-0.15, -0.1) is 0 Å². The van der Waals surface area contributed by atoms with Gasteiger partial charge in [0.15, 0.2) is 5.75 Å². The molecule has 3 aromatic rings. The zero-order valence-corrected chi connectivity index (χ0v) is 14.4. The number of nitrogens with one attached hydrogen (secondary N) is 1. The number of carbonyl (C=O) groups is 1. The number of amides is 1. The maximum atomic E-state index is 12.4. The van der Waals surface area contributed by atoms with Crippen LogP contribution in [0.15, 0.2) is 42.7 Å². The van der Waals surface area contributed by atoms with E-state index in [1.807, 2.05) is 28.8 Å². The third-order valence-electron chi connectivity index (χ3n) is 3.64. The van der Waals surface area contributed by atoms with Gasteiger partial charge < -0.3 is 14.5 Å². The molecular formula is C17H15Cl2N3O2. The van der Waals surface area contributed by atoms with E-state index in [0.29, 0.717) is 23.0 Å². The minimum absolute atomic E-state index is 0.236. The fraction of sp³-hybridized carbons (Fsp3) is 0.176. The van der Waals surface area contributed by atoms with E-state index in [0.717, 1.165) is 11.3 Å². The Balaban J connectivity index is 1.71. The second-order valence-corrected chi connectivity index (χ2v) is 5.93. The van der Waals surface area contributed by atoms with Gasteiger partial charge in [0.1, 0.15) is 11.4 Å². The number of pyridine rings is 1. The molecule has 0 aliphatic rings. The van der Waals surface area contributed by atoms with Gasteiger partial charge in [0.2, 0.25) is 0 Å². The fourth-order valence-electron chi connectivity index (χ4n) is 2.50. The summed E-state index contributed by atoms with van der Waals surface area (Å²) >= 11 is 12.2. The number of hydrogen-bond acceptors (Lipinski definition) is 3. The lowest BCUT2D eigenvalue weighted by molar-refractivity contribution is 0.0951. The van der Waals surface area contributed by atoms with Gasteiger partial charge in [0, 0.05) is 19.2 Å². The summed E-state index contributed by atoms with van der Waals surface area (Å²) in [6.07, 6.45) is 4.33. The van der Waals surface area contributed by atoms with Gasteiger partial charge in [0.25, 0.3) is 5.91 Å². The Morgan fingerprint density at radius 2 is 2.04 bits per heavy atom. The quantitative estimate of drug-likeness (QED) is 0.752. The standard InChI is InChI=1S/C17H15Cl2N3O2/c1-24-16-13(19)6-5-12(18)15(16)17(23)20-8-7-14-21-10-11-4-2-3-9-22(11)14/h2-6,9-10H,7-8H2,1H3,(H,20,23). The molecule has 0 saturated carbocycles. The molecule has 0 atom stereocenters. The second-order valence-electron chi connectivity index (χ2n) is 5.11. The molecule has 0 radical (unpaired) electrons. The molecule has 5 nitrogen and oxygen atoms in total. The number of rotatable bonds is 5. The topological polar surface area (TPSA) is 55.6 Å². The van der Waals surface area contributed by atoms with Crippen molar-refractivity contribution >= 4 is 34.6 Å². The predicted octanol–water partition coefficient (Wildman–Crippen LogP) is 3.62. The van der Waals surface area contributed by atoms with Crippen molar-refractivity contribution < 1.29 is 9.53 Å². The predicted molar refractivity (Wildman–Crippen MR) is 94.2 cm³/mol. The Morgan fingerprint density at radius 3 is 2.83 bits per heavy atom. The maximum absolute atomic E-state index is 12.4. The Morgan fingerprint density at radius 1 is 1.25 bits per heavy atom. The van der Waals surface area contributed by atoms with Crippen LogP contribution < -0.4 is 10.1 Å². The molecule has 124 valence electrons. The average molecular weight is 364 g/mol. The molecule has 2 heterocycles. The van der Waals surface area contributed by atoms with Crippen LogP contribution in [0.4, 0.5) is 0 Å². The van der Waals surface area contributed by atoms with E-state index in [-0.39, 0.29) is 17.2 Å². The molecule has 0 spiro atoms. The molecule has 1 aromatic carbocycles. The molecular weight excluding hydrogens is 349 g/mol. The van der Waals surface area contributed by atoms with Gasteiger partial charge >= 0.3 is 0 Å². The molecule has 0 bridgehead atoms. The van der Waals surface area contributed by atoms with Crippen LogP contribution in [-0.4, -0.2) is 28.9 Å². The molecule has 1 N–H and O–H groups in total. The van der Waals surface area contributed by atoms with Crippen LogP contribution in [0.3, 0.4) is 0 Å². The van der Waals surface area contributed by atoms with E-state index in [4.69, 9.17) is 27.9 Å². The zero-order chi connectivity index (χ0) is 17.1. The highest BCUT2D eigenvalue weighted by molar-refractivity contribution is 6.37. The Hall–Kier alpha value is -2.24. The Kier molecular flexibility index (Phi) is 4.92. The van der Waals surface area contributed by atoms with E-state index in [9.17, 15) is 4.79 Å². The first-order valence-corrected chi connectivity index (χ1v) is 8.08. The summed E-state index contributed by atoms with van der Waals surface area (Å²) in [4.78, 5) is 16.8. The minimum atomic E-state index is -0.333. The molecule has 0 unspecified atom stereocenters. The highest BCUT2D eigenvalue weighted by Crippen LogP contribution is 2.33. The summed E-state index contributed by atoms with van der Waals surface area (Å²) in [5, 5.41) is 3.46. The van der Waals surface area contributed by atoms with Gasteiger partial charge in [-0.05, 0) is 24.3 Å². The van der Waals surface area contributed by atoms with Crippen LogP contribution in [0.25, 0.3) is 5.52 Å². The van der Waals surface area contributed by atoms with Crippen LogP contribution in [-0.2, 0) is 6.42 Å². The van der Waals surface area contributed by atoms with Crippen molar-refractivity contribution in [3.63, 3.8) is 0 Å². The van der Waals surface area contributed by atoms with E-state index in [2.05, 4.69) is 10.3 Å². The third kappa shape index (κ3) is 3.18. The SMILES string of the molecule is COc1c(Cl)ccc(Cl)c1C(=O)NCCc1ncc2ccccn12. The van der Waals surface area contributed by atoms with Crippen LogP contribution in [0.5, 0.6) is 5.75 Å². The molecule has 0 aliphatic heterocycles. The van der Waals surface area contributed by atoms with Crippen LogP contribution in [0.2, 0.25) is 10.0 Å². The van der Waals surface area contributed by atoms with Crippen molar-refractivity contribution in [2.75, 3.05) is 13.7 Å². The molecule has 3 rings (SSSR count). The van der Waals surface area contributed by atoms with E-state index in [1.165, 1.54) is 7.11 Å². The summed E-state index contributed by atoms with van der Waals surface area (Å²) in [5.41, 5.74) is 1.25. The summed E-state index contributed by atoms with van der Waals surface area (Å²) in [5.74, 6) is 0.809. The van der Waals surface area contributed by atoms with Crippen molar-refractivity contribution in [2.24, 2.45) is 0 Å². The first-order chi connectivity index (χ1) is 11.6. The number of imidazole rings is 1. The largest absolute Gasteiger partial charge is 0.494 e. The summed E-state index contributed by atoms with van der Waals surface area (Å²) in [6, 6.07) is 9.04. The summed E-state index contributed by atoms with van der Waals surface area (Å²) < 4.78 is 7.18.